The van der Waals surface area contributed by atoms with E-state index in [0.717, 1.165) is 12.8 Å². The van der Waals surface area contributed by atoms with Gasteiger partial charge >= 0.3 is 0 Å². The highest BCUT2D eigenvalue weighted by atomic mass is 16.5. The van der Waals surface area contributed by atoms with Gasteiger partial charge in [0.05, 0.1) is 0 Å². The van der Waals surface area contributed by atoms with E-state index in [2.05, 4.69) is 10.1 Å². The molecule has 2 aliphatic heterocycles. The SMILES string of the molecule is CC(C)c1noc(CN2CC(=O)N3CCCC3C2=O)n1. The summed E-state index contributed by atoms with van der Waals surface area (Å²) < 4.78 is 5.14. The van der Waals surface area contributed by atoms with Gasteiger partial charge < -0.3 is 14.3 Å². The van der Waals surface area contributed by atoms with Crippen LogP contribution in [0.3, 0.4) is 0 Å². The zero-order valence-corrected chi connectivity index (χ0v) is 11.7. The summed E-state index contributed by atoms with van der Waals surface area (Å²) in [5, 5.41) is 3.87. The topological polar surface area (TPSA) is 79.5 Å². The van der Waals surface area contributed by atoms with Crippen molar-refractivity contribution >= 4 is 11.8 Å². The molecule has 7 nitrogen and oxygen atoms in total. The Kier molecular flexibility index (Phi) is 3.19. The molecule has 1 aromatic rings. The molecule has 0 saturated carbocycles. The van der Waals surface area contributed by atoms with Gasteiger partial charge in [0.25, 0.3) is 0 Å². The van der Waals surface area contributed by atoms with Crippen molar-refractivity contribution in [1.82, 2.24) is 19.9 Å². The summed E-state index contributed by atoms with van der Waals surface area (Å²) in [5.41, 5.74) is 0. The fraction of sp³-hybridized carbons (Fsp3) is 0.692. The van der Waals surface area contributed by atoms with Crippen LogP contribution in [0.1, 0.15) is 44.3 Å². The van der Waals surface area contributed by atoms with Crippen LogP contribution < -0.4 is 0 Å². The largest absolute Gasteiger partial charge is 0.337 e. The Morgan fingerprint density at radius 2 is 2.20 bits per heavy atom. The van der Waals surface area contributed by atoms with Gasteiger partial charge in [-0.2, -0.15) is 4.98 Å². The number of nitrogens with zero attached hydrogens (tertiary/aromatic N) is 4. The van der Waals surface area contributed by atoms with E-state index < -0.39 is 0 Å². The van der Waals surface area contributed by atoms with Crippen molar-refractivity contribution in [3.8, 4) is 0 Å². The smallest absolute Gasteiger partial charge is 0.246 e. The van der Waals surface area contributed by atoms with Crippen molar-refractivity contribution in [3.05, 3.63) is 11.7 Å². The number of hydrogen-bond donors (Lipinski definition) is 0. The highest BCUT2D eigenvalue weighted by Gasteiger charge is 2.42. The first-order chi connectivity index (χ1) is 9.56. The number of aromatic nitrogens is 2. The van der Waals surface area contributed by atoms with Crippen LogP contribution in [0.25, 0.3) is 0 Å². The minimum atomic E-state index is -0.288. The molecule has 0 bridgehead atoms. The second-order valence-electron chi connectivity index (χ2n) is 5.64. The Morgan fingerprint density at radius 3 is 2.90 bits per heavy atom. The molecule has 3 rings (SSSR count). The predicted octanol–water partition coefficient (Wildman–Crippen LogP) is 0.526. The maximum atomic E-state index is 12.3. The molecule has 2 fully saturated rings. The maximum Gasteiger partial charge on any atom is 0.246 e. The van der Waals surface area contributed by atoms with Crippen LogP contribution in [0.2, 0.25) is 0 Å². The molecule has 2 amide bonds. The third-order valence-electron chi connectivity index (χ3n) is 3.82. The van der Waals surface area contributed by atoms with Gasteiger partial charge in [0, 0.05) is 12.5 Å². The van der Waals surface area contributed by atoms with E-state index in [1.54, 1.807) is 4.90 Å². The number of carbonyl (C=O) groups excluding carboxylic acids is 2. The van der Waals surface area contributed by atoms with Crippen LogP contribution in [0, 0.1) is 0 Å². The standard InChI is InChI=1S/C13H18N4O3/c1-8(2)12-14-10(20-15-12)6-16-7-11(18)17-5-3-4-9(17)13(16)19/h8-9H,3-7H2,1-2H3. The molecule has 108 valence electrons. The van der Waals surface area contributed by atoms with Crippen molar-refractivity contribution in [2.75, 3.05) is 13.1 Å². The maximum absolute atomic E-state index is 12.3. The summed E-state index contributed by atoms with van der Waals surface area (Å²) in [7, 11) is 0. The minimum absolute atomic E-state index is 0.00797. The molecule has 1 aromatic heterocycles. The van der Waals surface area contributed by atoms with E-state index in [1.165, 1.54) is 4.90 Å². The van der Waals surface area contributed by atoms with Gasteiger partial charge in [-0.1, -0.05) is 19.0 Å². The van der Waals surface area contributed by atoms with Gasteiger partial charge in [0.2, 0.25) is 17.7 Å². The molecule has 0 aromatic carbocycles. The quantitative estimate of drug-likeness (QED) is 0.805. The first kappa shape index (κ1) is 13.1. The number of piperazine rings is 1. The lowest BCUT2D eigenvalue weighted by Crippen LogP contribution is -2.56. The minimum Gasteiger partial charge on any atom is -0.337 e. The lowest BCUT2D eigenvalue weighted by Gasteiger charge is -2.35. The third-order valence-corrected chi connectivity index (χ3v) is 3.82. The van der Waals surface area contributed by atoms with Crippen LogP contribution in [0.15, 0.2) is 4.52 Å². The summed E-state index contributed by atoms with van der Waals surface area (Å²) in [6.07, 6.45) is 1.65. The zero-order chi connectivity index (χ0) is 14.3. The van der Waals surface area contributed by atoms with Crippen LogP contribution in [-0.4, -0.2) is 50.9 Å². The van der Waals surface area contributed by atoms with Crippen molar-refractivity contribution in [3.63, 3.8) is 0 Å². The fourth-order valence-electron chi connectivity index (χ4n) is 2.73. The van der Waals surface area contributed by atoms with Gasteiger partial charge in [-0.15, -0.1) is 0 Å². The van der Waals surface area contributed by atoms with Crippen LogP contribution in [-0.2, 0) is 16.1 Å². The Labute approximate surface area is 116 Å². The summed E-state index contributed by atoms with van der Waals surface area (Å²) in [4.78, 5) is 31.8. The van der Waals surface area contributed by atoms with Gasteiger partial charge in [-0.3, -0.25) is 9.59 Å². The molecule has 7 heteroatoms. The molecule has 2 aliphatic rings. The molecule has 0 aliphatic carbocycles. The summed E-state index contributed by atoms with van der Waals surface area (Å²) in [6.45, 7) is 4.96. The molecular formula is C13H18N4O3. The van der Waals surface area contributed by atoms with Gasteiger partial charge in [0.15, 0.2) is 5.82 Å². The van der Waals surface area contributed by atoms with Crippen molar-refractivity contribution in [1.29, 1.82) is 0 Å². The van der Waals surface area contributed by atoms with E-state index in [9.17, 15) is 9.59 Å². The van der Waals surface area contributed by atoms with Gasteiger partial charge in [-0.25, -0.2) is 0 Å². The second kappa shape index (κ2) is 4.88. The first-order valence-corrected chi connectivity index (χ1v) is 6.97. The molecular weight excluding hydrogens is 260 g/mol. The normalized spacial score (nSPS) is 22.9. The van der Waals surface area contributed by atoms with Crippen molar-refractivity contribution in [2.24, 2.45) is 0 Å². The first-order valence-electron chi connectivity index (χ1n) is 6.97. The number of amides is 2. The Bertz CT molecular complexity index is 539. The molecule has 0 N–H and O–H groups in total. The number of rotatable bonds is 3. The highest BCUT2D eigenvalue weighted by Crippen LogP contribution is 2.24. The Balaban J connectivity index is 1.73. The molecule has 3 heterocycles. The zero-order valence-electron chi connectivity index (χ0n) is 11.7. The van der Waals surface area contributed by atoms with E-state index in [4.69, 9.17) is 4.52 Å². The van der Waals surface area contributed by atoms with E-state index in [0.29, 0.717) is 18.3 Å². The number of hydrogen-bond acceptors (Lipinski definition) is 5. The Hall–Kier alpha value is -1.92. The van der Waals surface area contributed by atoms with Crippen LogP contribution in [0.5, 0.6) is 0 Å². The van der Waals surface area contributed by atoms with E-state index in [1.807, 2.05) is 13.8 Å². The molecule has 0 radical (unpaired) electrons. The van der Waals surface area contributed by atoms with Gasteiger partial charge in [0.1, 0.15) is 19.1 Å². The van der Waals surface area contributed by atoms with Crippen LogP contribution in [0.4, 0.5) is 0 Å². The monoisotopic (exact) mass is 278 g/mol. The number of fused-ring (bicyclic) bond motifs is 1. The molecule has 1 unspecified atom stereocenters. The summed E-state index contributed by atoms with van der Waals surface area (Å²) in [6, 6.07) is -0.288. The van der Waals surface area contributed by atoms with E-state index >= 15 is 0 Å². The predicted molar refractivity (Wildman–Crippen MR) is 68.5 cm³/mol. The molecule has 20 heavy (non-hydrogen) atoms. The average molecular weight is 278 g/mol. The fourth-order valence-corrected chi connectivity index (χ4v) is 2.73. The molecule has 0 spiro atoms. The summed E-state index contributed by atoms with van der Waals surface area (Å²) in [5.74, 6) is 1.19. The van der Waals surface area contributed by atoms with Crippen LogP contribution >= 0.6 is 0 Å². The molecule has 2 saturated heterocycles. The summed E-state index contributed by atoms with van der Waals surface area (Å²) >= 11 is 0. The van der Waals surface area contributed by atoms with Crippen molar-refractivity contribution in [2.45, 2.75) is 45.2 Å². The van der Waals surface area contributed by atoms with Crippen molar-refractivity contribution < 1.29 is 14.1 Å². The average Bonchev–Trinajstić information content (AvgIpc) is 3.04. The highest BCUT2D eigenvalue weighted by molar-refractivity contribution is 5.95. The Morgan fingerprint density at radius 1 is 1.40 bits per heavy atom. The second-order valence-corrected chi connectivity index (χ2v) is 5.64. The third kappa shape index (κ3) is 2.17. The van der Waals surface area contributed by atoms with E-state index in [-0.39, 0.29) is 36.9 Å². The van der Waals surface area contributed by atoms with Gasteiger partial charge in [-0.05, 0) is 12.8 Å². The molecule has 1 atom stereocenters. The lowest BCUT2D eigenvalue weighted by molar-refractivity contribution is -0.154. The lowest BCUT2D eigenvalue weighted by atomic mass is 10.1. The number of carbonyl (C=O) groups is 2.